The number of nitrogens with zero attached hydrogens (tertiary/aromatic N) is 2. The van der Waals surface area contributed by atoms with E-state index in [9.17, 15) is 9.59 Å². The summed E-state index contributed by atoms with van der Waals surface area (Å²) >= 11 is 0. The predicted molar refractivity (Wildman–Crippen MR) is 113 cm³/mol. The van der Waals surface area contributed by atoms with Crippen LogP contribution in [-0.2, 0) is 11.8 Å². The van der Waals surface area contributed by atoms with E-state index < -0.39 is 0 Å². The minimum Gasteiger partial charge on any atom is -0.381 e. The van der Waals surface area contributed by atoms with Gasteiger partial charge in [-0.3, -0.25) is 4.79 Å². The summed E-state index contributed by atoms with van der Waals surface area (Å²) in [6, 6.07) is 8.00. The fraction of sp³-hybridized carbons (Fsp3) is 0.565. The van der Waals surface area contributed by atoms with Crippen LogP contribution < -0.4 is 10.9 Å². The molecule has 6 nitrogen and oxygen atoms in total. The van der Waals surface area contributed by atoms with Crippen molar-refractivity contribution in [3.63, 3.8) is 0 Å². The number of benzene rings is 1. The Morgan fingerprint density at radius 3 is 2.66 bits per heavy atom. The molecule has 2 aromatic rings. The van der Waals surface area contributed by atoms with Gasteiger partial charge in [0.25, 0.3) is 5.56 Å². The van der Waals surface area contributed by atoms with Gasteiger partial charge in [-0.25, -0.2) is 4.79 Å². The molecule has 154 valence electrons. The Morgan fingerprint density at radius 1 is 1.21 bits per heavy atom. The Bertz CT molecular complexity index is 1020. The highest BCUT2D eigenvalue weighted by Gasteiger charge is 2.59. The number of nitrogens with one attached hydrogen (secondary N) is 1. The largest absolute Gasteiger partial charge is 0.381 e. The molecule has 1 N–H and O–H groups in total. The van der Waals surface area contributed by atoms with Crippen molar-refractivity contribution in [3.05, 3.63) is 40.2 Å². The first kappa shape index (κ1) is 18.7. The van der Waals surface area contributed by atoms with Gasteiger partial charge in [-0.05, 0) is 62.8 Å². The van der Waals surface area contributed by atoms with E-state index in [0.717, 1.165) is 49.2 Å². The van der Waals surface area contributed by atoms with Crippen LogP contribution in [0.2, 0.25) is 0 Å². The number of ether oxygens (including phenoxy) is 1. The molecule has 0 bridgehead atoms. The summed E-state index contributed by atoms with van der Waals surface area (Å²) in [7, 11) is 1.78. The van der Waals surface area contributed by atoms with E-state index in [4.69, 9.17) is 4.74 Å². The van der Waals surface area contributed by atoms with Gasteiger partial charge in [-0.15, -0.1) is 0 Å². The van der Waals surface area contributed by atoms with Crippen molar-refractivity contribution in [2.75, 3.05) is 25.1 Å². The van der Waals surface area contributed by atoms with Crippen LogP contribution in [0.25, 0.3) is 10.9 Å². The van der Waals surface area contributed by atoms with Crippen LogP contribution in [0.5, 0.6) is 0 Å². The molecule has 3 heterocycles. The van der Waals surface area contributed by atoms with E-state index in [1.54, 1.807) is 11.6 Å². The number of aryl methyl sites for hydroxylation is 2. The van der Waals surface area contributed by atoms with E-state index in [1.807, 2.05) is 31.2 Å². The van der Waals surface area contributed by atoms with Crippen LogP contribution in [0.4, 0.5) is 10.5 Å². The SMILES string of the molecule is Cc1cc2cc(NC(=O)N3CC4(CCC4)C3C3CCOCC3)ccc2n(C)c1=O. The lowest BCUT2D eigenvalue weighted by Gasteiger charge is -2.64. The average Bonchev–Trinajstić information content (AvgIpc) is 2.65. The second-order valence-corrected chi connectivity index (χ2v) is 9.13. The predicted octanol–water partition coefficient (Wildman–Crippen LogP) is 3.66. The van der Waals surface area contributed by atoms with Gasteiger partial charge in [-0.2, -0.15) is 0 Å². The van der Waals surface area contributed by atoms with Gasteiger partial charge in [0.2, 0.25) is 0 Å². The number of rotatable bonds is 2. The molecule has 29 heavy (non-hydrogen) atoms. The summed E-state index contributed by atoms with van der Waals surface area (Å²) in [5.41, 5.74) is 2.73. The van der Waals surface area contributed by atoms with Crippen LogP contribution in [-0.4, -0.2) is 41.3 Å². The zero-order valence-electron chi connectivity index (χ0n) is 17.2. The molecule has 1 atom stereocenters. The lowest BCUT2D eigenvalue weighted by Crippen LogP contribution is -2.72. The number of carbonyl (C=O) groups is 1. The number of amides is 2. The van der Waals surface area contributed by atoms with Crippen molar-refractivity contribution in [1.29, 1.82) is 0 Å². The second kappa shape index (κ2) is 6.87. The molecule has 0 radical (unpaired) electrons. The first-order valence-corrected chi connectivity index (χ1v) is 10.7. The van der Waals surface area contributed by atoms with Crippen molar-refractivity contribution in [1.82, 2.24) is 9.47 Å². The number of urea groups is 1. The quantitative estimate of drug-likeness (QED) is 0.844. The average molecular weight is 396 g/mol. The number of likely N-dealkylation sites (tertiary alicyclic amines) is 1. The normalized spacial score (nSPS) is 23.7. The number of pyridine rings is 1. The molecule has 1 aromatic carbocycles. The first-order valence-electron chi connectivity index (χ1n) is 10.7. The summed E-state index contributed by atoms with van der Waals surface area (Å²) in [5, 5.41) is 4.07. The zero-order chi connectivity index (χ0) is 20.2. The molecular weight excluding hydrogens is 366 g/mol. The van der Waals surface area contributed by atoms with Gasteiger partial charge < -0.3 is 19.5 Å². The number of anilines is 1. The van der Waals surface area contributed by atoms with Gasteiger partial charge in [0.15, 0.2) is 0 Å². The molecule has 2 saturated heterocycles. The second-order valence-electron chi connectivity index (χ2n) is 9.13. The topological polar surface area (TPSA) is 63.6 Å². The van der Waals surface area contributed by atoms with Gasteiger partial charge in [0, 0.05) is 54.9 Å². The third kappa shape index (κ3) is 2.96. The lowest BCUT2D eigenvalue weighted by atomic mass is 9.54. The summed E-state index contributed by atoms with van der Waals surface area (Å²) in [6.07, 6.45) is 5.90. The van der Waals surface area contributed by atoms with Crippen LogP contribution in [0, 0.1) is 18.3 Å². The fourth-order valence-electron chi connectivity index (χ4n) is 5.74. The number of fused-ring (bicyclic) bond motifs is 1. The molecule has 3 aliphatic rings. The van der Waals surface area contributed by atoms with Crippen LogP contribution in [0.3, 0.4) is 0 Å². The van der Waals surface area contributed by atoms with Crippen LogP contribution in [0.1, 0.15) is 37.7 Å². The minimum atomic E-state index is -0.0000845. The van der Waals surface area contributed by atoms with Crippen molar-refractivity contribution in [2.45, 2.75) is 45.1 Å². The maximum absolute atomic E-state index is 13.1. The molecule has 5 rings (SSSR count). The maximum Gasteiger partial charge on any atom is 0.322 e. The van der Waals surface area contributed by atoms with Crippen molar-refractivity contribution < 1.29 is 9.53 Å². The highest BCUT2D eigenvalue weighted by Crippen LogP contribution is 2.56. The molecule has 1 aliphatic carbocycles. The van der Waals surface area contributed by atoms with Gasteiger partial charge >= 0.3 is 6.03 Å². The molecule has 6 heteroatoms. The van der Waals surface area contributed by atoms with E-state index in [2.05, 4.69) is 10.2 Å². The zero-order valence-corrected chi connectivity index (χ0v) is 17.2. The van der Waals surface area contributed by atoms with E-state index >= 15 is 0 Å². The summed E-state index contributed by atoms with van der Waals surface area (Å²) in [5.74, 6) is 0.553. The summed E-state index contributed by atoms with van der Waals surface area (Å²) < 4.78 is 7.21. The molecular formula is C23H29N3O3. The minimum absolute atomic E-state index is 0.0000845. The Hall–Kier alpha value is -2.34. The monoisotopic (exact) mass is 395 g/mol. The highest BCUT2D eigenvalue weighted by molar-refractivity contribution is 5.93. The molecule has 2 aliphatic heterocycles. The Labute approximate surface area is 170 Å². The molecule has 3 fully saturated rings. The molecule has 1 spiro atoms. The summed E-state index contributed by atoms with van der Waals surface area (Å²) in [6.45, 7) is 4.33. The standard InChI is InChI=1S/C23H29N3O3/c1-15-12-17-13-18(4-5-19(17)25(2)21(15)27)24-22(28)26-14-23(8-3-9-23)20(26)16-6-10-29-11-7-16/h4-5,12-13,16,20H,3,6-11,14H2,1-2H3,(H,24,28). The third-order valence-electron chi connectivity index (χ3n) is 7.43. The highest BCUT2D eigenvalue weighted by atomic mass is 16.5. The van der Waals surface area contributed by atoms with Gasteiger partial charge in [-0.1, -0.05) is 6.42 Å². The Balaban J connectivity index is 1.37. The molecule has 1 aromatic heterocycles. The number of hydrogen-bond donors (Lipinski definition) is 1. The molecule has 1 saturated carbocycles. The smallest absolute Gasteiger partial charge is 0.322 e. The van der Waals surface area contributed by atoms with Crippen molar-refractivity contribution in [2.24, 2.45) is 18.4 Å². The molecule has 2 amide bonds. The Kier molecular flexibility index (Phi) is 4.42. The van der Waals surface area contributed by atoms with Crippen LogP contribution in [0.15, 0.2) is 29.1 Å². The summed E-state index contributed by atoms with van der Waals surface area (Å²) in [4.78, 5) is 27.3. The van der Waals surface area contributed by atoms with E-state index in [0.29, 0.717) is 22.9 Å². The number of hydrogen-bond acceptors (Lipinski definition) is 3. The molecule has 1 unspecified atom stereocenters. The van der Waals surface area contributed by atoms with Crippen molar-refractivity contribution in [3.8, 4) is 0 Å². The van der Waals surface area contributed by atoms with Gasteiger partial charge in [0.1, 0.15) is 0 Å². The Morgan fingerprint density at radius 2 is 1.97 bits per heavy atom. The first-order chi connectivity index (χ1) is 14.0. The maximum atomic E-state index is 13.1. The van der Waals surface area contributed by atoms with Gasteiger partial charge in [0.05, 0.1) is 5.52 Å². The fourth-order valence-corrected chi connectivity index (χ4v) is 5.74. The number of aromatic nitrogens is 1. The van der Waals surface area contributed by atoms with Crippen LogP contribution >= 0.6 is 0 Å². The third-order valence-corrected chi connectivity index (χ3v) is 7.43. The van der Waals surface area contributed by atoms with Crippen molar-refractivity contribution >= 4 is 22.6 Å². The van der Waals surface area contributed by atoms with E-state index in [-0.39, 0.29) is 11.6 Å². The lowest BCUT2D eigenvalue weighted by molar-refractivity contribution is -0.135. The van der Waals surface area contributed by atoms with E-state index in [1.165, 1.54) is 19.3 Å². The number of carbonyl (C=O) groups excluding carboxylic acids is 1.